The molecule has 1 heterocycles. The summed E-state index contributed by atoms with van der Waals surface area (Å²) in [5.41, 5.74) is 0.949. The van der Waals surface area contributed by atoms with Gasteiger partial charge in [-0.25, -0.2) is 9.59 Å². The molecule has 3 rings (SSSR count). The van der Waals surface area contributed by atoms with Crippen LogP contribution in [0.1, 0.15) is 22.3 Å². The minimum Gasteiger partial charge on any atom is -0.481 e. The number of ether oxygens (including phenoxy) is 1. The standard InChI is InChI=1S/C26H28N6O9/c27-25(30-26(40)41-15-16-5-2-1-3-6-16)32-10-9-31(21(34)14-32)13-20(33)28-18-8-4-7-17(11-18)23(37)29-19(24(38)39)12-22(35)36/h1-8,11,19H,9-10,12-15H2,(H,28,33)(H,29,37)(H,35,36)(H,38,39)(H2,27,30,40)/t19-/m0/s1. The minimum absolute atomic E-state index is 0.0163. The maximum atomic E-state index is 12.6. The quantitative estimate of drug-likeness (QED) is 0.170. The molecule has 1 aliphatic rings. The van der Waals surface area contributed by atoms with Crippen molar-refractivity contribution in [1.82, 2.24) is 20.4 Å². The molecule has 41 heavy (non-hydrogen) atoms. The zero-order chi connectivity index (χ0) is 29.9. The van der Waals surface area contributed by atoms with Crippen molar-refractivity contribution in [3.05, 3.63) is 65.7 Å². The Labute approximate surface area is 233 Å². The molecule has 15 heteroatoms. The van der Waals surface area contributed by atoms with Gasteiger partial charge in [0, 0.05) is 24.3 Å². The predicted octanol–water partition coefficient (Wildman–Crippen LogP) is 0.288. The highest BCUT2D eigenvalue weighted by atomic mass is 16.5. The molecule has 1 fully saturated rings. The van der Waals surface area contributed by atoms with Crippen LogP contribution in [0, 0.1) is 5.41 Å². The lowest BCUT2D eigenvalue weighted by Gasteiger charge is -2.34. The number of hydrogen-bond acceptors (Lipinski definition) is 8. The molecule has 4 amide bonds. The molecule has 0 aromatic heterocycles. The third-order valence-corrected chi connectivity index (χ3v) is 5.79. The van der Waals surface area contributed by atoms with Gasteiger partial charge in [0.1, 0.15) is 12.6 Å². The maximum Gasteiger partial charge on any atom is 0.414 e. The molecular weight excluding hydrogens is 540 g/mol. The number of piperazine rings is 1. The summed E-state index contributed by atoms with van der Waals surface area (Å²) in [5, 5.41) is 32.9. The second-order valence-corrected chi connectivity index (χ2v) is 8.86. The Kier molecular flexibility index (Phi) is 10.3. The first-order valence-electron chi connectivity index (χ1n) is 12.3. The fourth-order valence-corrected chi connectivity index (χ4v) is 3.73. The zero-order valence-corrected chi connectivity index (χ0v) is 21.7. The summed E-state index contributed by atoms with van der Waals surface area (Å²) in [6, 6.07) is 12.9. The van der Waals surface area contributed by atoms with Crippen molar-refractivity contribution in [2.24, 2.45) is 0 Å². The lowest BCUT2D eigenvalue weighted by molar-refractivity contribution is -0.145. The van der Waals surface area contributed by atoms with E-state index < -0.39 is 48.2 Å². The van der Waals surface area contributed by atoms with Gasteiger partial charge in [-0.1, -0.05) is 36.4 Å². The lowest BCUT2D eigenvalue weighted by atomic mass is 10.1. The number of aliphatic carboxylic acids is 2. The highest BCUT2D eigenvalue weighted by Gasteiger charge is 2.28. The molecule has 0 unspecified atom stereocenters. The third kappa shape index (κ3) is 9.35. The first-order chi connectivity index (χ1) is 19.5. The molecule has 0 radical (unpaired) electrons. The van der Waals surface area contributed by atoms with Crippen molar-refractivity contribution in [3.63, 3.8) is 0 Å². The van der Waals surface area contributed by atoms with Crippen LogP contribution in [0.3, 0.4) is 0 Å². The molecule has 0 saturated carbocycles. The number of amides is 4. The van der Waals surface area contributed by atoms with Crippen LogP contribution < -0.4 is 16.0 Å². The summed E-state index contributed by atoms with van der Waals surface area (Å²) in [7, 11) is 0. The van der Waals surface area contributed by atoms with Crippen molar-refractivity contribution in [3.8, 4) is 0 Å². The number of rotatable bonds is 10. The first-order valence-corrected chi connectivity index (χ1v) is 12.3. The molecule has 6 N–H and O–H groups in total. The number of carbonyl (C=O) groups is 6. The molecule has 15 nitrogen and oxygen atoms in total. The molecule has 1 saturated heterocycles. The fourth-order valence-electron chi connectivity index (χ4n) is 3.73. The van der Waals surface area contributed by atoms with Crippen molar-refractivity contribution in [2.75, 3.05) is 31.5 Å². The molecule has 0 spiro atoms. The molecule has 2 aromatic rings. The van der Waals surface area contributed by atoms with Gasteiger partial charge in [0.05, 0.1) is 19.5 Å². The van der Waals surface area contributed by atoms with Crippen LogP contribution in [0.4, 0.5) is 10.5 Å². The topological polar surface area (TPSA) is 219 Å². The number of carboxylic acid groups (broad SMARTS) is 2. The summed E-state index contributed by atoms with van der Waals surface area (Å²) in [6.07, 6.45) is -1.66. The van der Waals surface area contributed by atoms with E-state index in [1.165, 1.54) is 34.1 Å². The number of anilines is 1. The van der Waals surface area contributed by atoms with Gasteiger partial charge in [0.25, 0.3) is 5.91 Å². The van der Waals surface area contributed by atoms with Gasteiger partial charge >= 0.3 is 18.0 Å². The molecular formula is C26H28N6O9. The van der Waals surface area contributed by atoms with Gasteiger partial charge in [-0.2, -0.15) is 0 Å². The van der Waals surface area contributed by atoms with E-state index in [4.69, 9.17) is 20.4 Å². The second kappa shape index (κ2) is 14.1. The van der Waals surface area contributed by atoms with Gasteiger partial charge in [-0.3, -0.25) is 29.9 Å². The molecule has 2 aromatic carbocycles. The van der Waals surface area contributed by atoms with E-state index in [0.29, 0.717) is 0 Å². The van der Waals surface area contributed by atoms with E-state index in [0.717, 1.165) is 5.56 Å². The Morgan fingerprint density at radius 2 is 1.73 bits per heavy atom. The first kappa shape index (κ1) is 30.1. The summed E-state index contributed by atoms with van der Waals surface area (Å²) < 4.78 is 5.07. The lowest BCUT2D eigenvalue weighted by Crippen LogP contribution is -2.56. The molecule has 1 aliphatic heterocycles. The van der Waals surface area contributed by atoms with Gasteiger partial charge in [-0.05, 0) is 23.8 Å². The van der Waals surface area contributed by atoms with Gasteiger partial charge in [0.15, 0.2) is 0 Å². The SMILES string of the molecule is N=C(NC(=O)OCc1ccccc1)N1CCN(CC(=O)Nc2cccc(C(=O)N[C@@H](CC(=O)O)C(=O)O)c2)C(=O)C1. The highest BCUT2D eigenvalue weighted by molar-refractivity contribution is 6.00. The number of nitrogens with zero attached hydrogens (tertiary/aromatic N) is 2. The number of guanidine groups is 1. The van der Waals surface area contributed by atoms with E-state index >= 15 is 0 Å². The van der Waals surface area contributed by atoms with Crippen LogP contribution in [0.5, 0.6) is 0 Å². The van der Waals surface area contributed by atoms with E-state index in [-0.39, 0.29) is 50.0 Å². The maximum absolute atomic E-state index is 12.6. The normalized spacial score (nSPS) is 13.5. The van der Waals surface area contributed by atoms with E-state index in [9.17, 15) is 28.8 Å². The number of nitrogens with one attached hydrogen (secondary N) is 4. The number of alkyl carbamates (subject to hydrolysis) is 1. The van der Waals surface area contributed by atoms with Crippen LogP contribution in [-0.4, -0.2) is 93.9 Å². The Hall–Kier alpha value is -5.47. The largest absolute Gasteiger partial charge is 0.481 e. The van der Waals surface area contributed by atoms with Crippen molar-refractivity contribution < 1.29 is 43.7 Å². The number of benzene rings is 2. The Morgan fingerprint density at radius 3 is 2.39 bits per heavy atom. The fraction of sp³-hybridized carbons (Fsp3) is 0.269. The average Bonchev–Trinajstić information content (AvgIpc) is 2.93. The summed E-state index contributed by atoms with van der Waals surface area (Å²) in [6.45, 7) is -0.279. The molecule has 216 valence electrons. The van der Waals surface area contributed by atoms with E-state index in [2.05, 4.69) is 16.0 Å². The summed E-state index contributed by atoms with van der Waals surface area (Å²) >= 11 is 0. The van der Waals surface area contributed by atoms with Crippen molar-refractivity contribution >= 4 is 47.4 Å². The zero-order valence-electron chi connectivity index (χ0n) is 21.7. The Bertz CT molecular complexity index is 1330. The van der Waals surface area contributed by atoms with E-state index in [1.54, 1.807) is 24.3 Å². The van der Waals surface area contributed by atoms with Crippen molar-refractivity contribution in [1.29, 1.82) is 5.41 Å². The number of hydrogen-bond donors (Lipinski definition) is 6. The highest BCUT2D eigenvalue weighted by Crippen LogP contribution is 2.12. The molecule has 1 atom stereocenters. The Balaban J connectivity index is 1.46. The summed E-state index contributed by atoms with van der Waals surface area (Å²) in [4.78, 5) is 74.2. The van der Waals surface area contributed by atoms with Crippen LogP contribution >= 0.6 is 0 Å². The van der Waals surface area contributed by atoms with Crippen molar-refractivity contribution in [2.45, 2.75) is 19.1 Å². The number of carbonyl (C=O) groups excluding carboxylic acids is 4. The Morgan fingerprint density at radius 1 is 1.00 bits per heavy atom. The van der Waals surface area contributed by atoms with Gasteiger partial charge < -0.3 is 35.4 Å². The number of carboxylic acids is 2. The summed E-state index contributed by atoms with van der Waals surface area (Å²) in [5.74, 6) is -5.10. The third-order valence-electron chi connectivity index (χ3n) is 5.79. The van der Waals surface area contributed by atoms with Crippen LogP contribution in [0.2, 0.25) is 0 Å². The van der Waals surface area contributed by atoms with Crippen LogP contribution in [0.25, 0.3) is 0 Å². The van der Waals surface area contributed by atoms with Gasteiger partial charge in [-0.15, -0.1) is 0 Å². The second-order valence-electron chi connectivity index (χ2n) is 8.86. The van der Waals surface area contributed by atoms with Crippen LogP contribution in [0.15, 0.2) is 54.6 Å². The average molecular weight is 569 g/mol. The molecule has 0 aliphatic carbocycles. The molecule has 0 bridgehead atoms. The monoisotopic (exact) mass is 568 g/mol. The smallest absolute Gasteiger partial charge is 0.414 e. The van der Waals surface area contributed by atoms with E-state index in [1.807, 2.05) is 6.07 Å². The van der Waals surface area contributed by atoms with Gasteiger partial charge in [0.2, 0.25) is 17.8 Å². The minimum atomic E-state index is -1.64. The predicted molar refractivity (Wildman–Crippen MR) is 142 cm³/mol. The van der Waals surface area contributed by atoms with Crippen LogP contribution in [-0.2, 0) is 30.5 Å².